The lowest BCUT2D eigenvalue weighted by molar-refractivity contribution is -0.126. The summed E-state index contributed by atoms with van der Waals surface area (Å²) in [5, 5.41) is 2.92. The number of hydrogen-bond acceptors (Lipinski definition) is 4. The molecule has 0 aliphatic carbocycles. The minimum atomic E-state index is -3.92. The normalized spacial score (nSPS) is 18.2. The number of nitrogens with zero attached hydrogens (tertiary/aromatic N) is 2. The van der Waals surface area contributed by atoms with Gasteiger partial charge in [-0.3, -0.25) is 9.59 Å². The number of carbonyl (C=O) groups is 2. The van der Waals surface area contributed by atoms with E-state index in [1.165, 1.54) is 22.5 Å². The Bertz CT molecular complexity index is 1110. The van der Waals surface area contributed by atoms with E-state index >= 15 is 0 Å². The highest BCUT2D eigenvalue weighted by atomic mass is 32.2. The van der Waals surface area contributed by atoms with Crippen molar-refractivity contribution in [1.82, 2.24) is 9.62 Å². The number of nitrogens with one attached hydrogen (secondary N) is 1. The zero-order valence-electron chi connectivity index (χ0n) is 17.7. The first kappa shape index (κ1) is 22.4. The van der Waals surface area contributed by atoms with E-state index in [0.29, 0.717) is 32.4 Å². The third kappa shape index (κ3) is 4.68. The summed E-state index contributed by atoms with van der Waals surface area (Å²) in [6.45, 7) is 1.38. The van der Waals surface area contributed by atoms with E-state index in [1.54, 1.807) is 4.90 Å². The van der Waals surface area contributed by atoms with Gasteiger partial charge in [0, 0.05) is 44.2 Å². The smallest absolute Gasteiger partial charge is 0.245 e. The first-order valence-electron chi connectivity index (χ1n) is 10.8. The predicted molar refractivity (Wildman–Crippen MR) is 118 cm³/mol. The van der Waals surface area contributed by atoms with Crippen LogP contribution in [0.25, 0.3) is 0 Å². The fourth-order valence-corrected chi connectivity index (χ4v) is 5.78. The number of sulfonamides is 1. The minimum absolute atomic E-state index is 0.114. The van der Waals surface area contributed by atoms with Gasteiger partial charge in [0.2, 0.25) is 21.8 Å². The number of hydrogen-bond donors (Lipinski definition) is 1. The van der Waals surface area contributed by atoms with Crippen molar-refractivity contribution in [2.45, 2.75) is 37.1 Å². The molecule has 2 aliphatic rings. The molecule has 0 saturated carbocycles. The van der Waals surface area contributed by atoms with E-state index in [2.05, 4.69) is 5.32 Å². The lowest BCUT2D eigenvalue weighted by Crippen LogP contribution is -2.43. The molecule has 2 amide bonds. The Morgan fingerprint density at radius 2 is 1.81 bits per heavy atom. The Morgan fingerprint density at radius 1 is 1.06 bits per heavy atom. The minimum Gasteiger partial charge on any atom is -0.352 e. The summed E-state index contributed by atoms with van der Waals surface area (Å²) in [6.07, 6.45) is 2.17. The average molecular weight is 460 g/mol. The topological polar surface area (TPSA) is 86.8 Å². The monoisotopic (exact) mass is 459 g/mol. The van der Waals surface area contributed by atoms with Crippen molar-refractivity contribution in [3.63, 3.8) is 0 Å². The Balaban J connectivity index is 1.32. The van der Waals surface area contributed by atoms with Crippen molar-refractivity contribution in [2.24, 2.45) is 5.92 Å². The maximum absolute atomic E-state index is 14.0. The van der Waals surface area contributed by atoms with Gasteiger partial charge in [0.05, 0.1) is 0 Å². The molecule has 2 fully saturated rings. The van der Waals surface area contributed by atoms with Crippen LogP contribution in [0.2, 0.25) is 0 Å². The van der Waals surface area contributed by atoms with Crippen molar-refractivity contribution in [2.75, 3.05) is 24.5 Å². The summed E-state index contributed by atoms with van der Waals surface area (Å²) < 4.78 is 40.6. The number of amides is 2. The summed E-state index contributed by atoms with van der Waals surface area (Å²) in [5.74, 6) is -1.09. The van der Waals surface area contributed by atoms with Crippen molar-refractivity contribution in [3.05, 3.63) is 59.9 Å². The van der Waals surface area contributed by atoms with Crippen molar-refractivity contribution >= 4 is 27.5 Å². The highest BCUT2D eigenvalue weighted by Crippen LogP contribution is 2.26. The van der Waals surface area contributed by atoms with E-state index in [-0.39, 0.29) is 35.7 Å². The molecule has 4 rings (SSSR count). The lowest BCUT2D eigenvalue weighted by Gasteiger charge is -2.30. The summed E-state index contributed by atoms with van der Waals surface area (Å²) >= 11 is 0. The number of benzene rings is 2. The van der Waals surface area contributed by atoms with Gasteiger partial charge in [0.1, 0.15) is 10.7 Å². The molecule has 0 radical (unpaired) electrons. The molecule has 32 heavy (non-hydrogen) atoms. The van der Waals surface area contributed by atoms with E-state index in [4.69, 9.17) is 0 Å². The fraction of sp³-hybridized carbons (Fsp3) is 0.391. The van der Waals surface area contributed by atoms with Crippen molar-refractivity contribution in [1.29, 1.82) is 0 Å². The number of carbonyl (C=O) groups excluding carboxylic acids is 2. The molecule has 2 saturated heterocycles. The molecular weight excluding hydrogens is 433 g/mol. The molecule has 2 heterocycles. The van der Waals surface area contributed by atoms with Crippen LogP contribution in [0.1, 0.15) is 31.2 Å². The Kier molecular flexibility index (Phi) is 6.57. The summed E-state index contributed by atoms with van der Waals surface area (Å²) in [5.41, 5.74) is 1.74. The Hall–Kier alpha value is -2.78. The fourth-order valence-electron chi connectivity index (χ4n) is 4.24. The maximum atomic E-state index is 14.0. The van der Waals surface area contributed by atoms with Crippen LogP contribution in [0.5, 0.6) is 0 Å². The SMILES string of the molecule is O=C(NCc1cccc(N2CCCC2=O)c1)C1CCN(S(=O)(=O)c2ccccc2F)CC1. The highest BCUT2D eigenvalue weighted by Gasteiger charge is 2.33. The molecule has 0 spiro atoms. The molecule has 2 aromatic carbocycles. The number of anilines is 1. The van der Waals surface area contributed by atoms with Gasteiger partial charge in [-0.05, 0) is 49.1 Å². The lowest BCUT2D eigenvalue weighted by atomic mass is 9.97. The molecule has 1 N–H and O–H groups in total. The predicted octanol–water partition coefficient (Wildman–Crippen LogP) is 2.67. The second-order valence-corrected chi connectivity index (χ2v) is 10.1. The Morgan fingerprint density at radius 3 is 2.50 bits per heavy atom. The van der Waals surface area contributed by atoms with Gasteiger partial charge in [-0.2, -0.15) is 4.31 Å². The van der Waals surface area contributed by atoms with Gasteiger partial charge in [0.15, 0.2) is 0 Å². The van der Waals surface area contributed by atoms with Gasteiger partial charge in [-0.15, -0.1) is 0 Å². The van der Waals surface area contributed by atoms with Gasteiger partial charge in [-0.25, -0.2) is 12.8 Å². The van der Waals surface area contributed by atoms with Crippen LogP contribution in [-0.2, 0) is 26.2 Å². The quantitative estimate of drug-likeness (QED) is 0.720. The summed E-state index contributed by atoms with van der Waals surface area (Å²) in [4.78, 5) is 26.0. The standard InChI is InChI=1S/C23H26FN3O4S/c24-20-7-1-2-8-21(20)32(30,31)26-13-10-18(11-14-26)23(29)25-16-17-5-3-6-19(15-17)27-12-4-9-22(27)28/h1-3,5-8,15,18H,4,9-14,16H2,(H,25,29). The molecule has 170 valence electrons. The third-order valence-corrected chi connectivity index (χ3v) is 7.97. The molecule has 0 atom stereocenters. The van der Waals surface area contributed by atoms with Crippen LogP contribution in [0.15, 0.2) is 53.4 Å². The third-order valence-electron chi connectivity index (χ3n) is 6.04. The van der Waals surface area contributed by atoms with Crippen LogP contribution < -0.4 is 10.2 Å². The molecule has 0 aromatic heterocycles. The van der Waals surface area contributed by atoms with Crippen LogP contribution in [0, 0.1) is 11.7 Å². The molecule has 2 aromatic rings. The average Bonchev–Trinajstić information content (AvgIpc) is 3.24. The molecular formula is C23H26FN3O4S. The highest BCUT2D eigenvalue weighted by molar-refractivity contribution is 7.89. The molecule has 9 heteroatoms. The van der Waals surface area contributed by atoms with Gasteiger partial charge < -0.3 is 10.2 Å². The molecule has 2 aliphatic heterocycles. The van der Waals surface area contributed by atoms with Crippen LogP contribution >= 0.6 is 0 Å². The van der Waals surface area contributed by atoms with E-state index in [9.17, 15) is 22.4 Å². The summed E-state index contributed by atoms with van der Waals surface area (Å²) in [7, 11) is -3.92. The Labute approximate surface area is 187 Å². The zero-order valence-corrected chi connectivity index (χ0v) is 18.5. The second kappa shape index (κ2) is 9.38. The molecule has 0 unspecified atom stereocenters. The molecule has 0 bridgehead atoms. The van der Waals surface area contributed by atoms with Crippen LogP contribution in [0.4, 0.5) is 10.1 Å². The maximum Gasteiger partial charge on any atom is 0.245 e. The van der Waals surface area contributed by atoms with Gasteiger partial charge in [0.25, 0.3) is 0 Å². The number of rotatable bonds is 6. The second-order valence-electron chi connectivity index (χ2n) is 8.15. The largest absolute Gasteiger partial charge is 0.352 e. The van der Waals surface area contributed by atoms with Crippen LogP contribution in [-0.4, -0.2) is 44.2 Å². The van der Waals surface area contributed by atoms with E-state index in [1.807, 2.05) is 24.3 Å². The van der Waals surface area contributed by atoms with Crippen molar-refractivity contribution in [3.8, 4) is 0 Å². The number of piperidine rings is 1. The van der Waals surface area contributed by atoms with Crippen LogP contribution in [0.3, 0.4) is 0 Å². The van der Waals surface area contributed by atoms with Crippen molar-refractivity contribution < 1.29 is 22.4 Å². The molecule has 7 nitrogen and oxygen atoms in total. The van der Waals surface area contributed by atoms with Gasteiger partial charge >= 0.3 is 0 Å². The van der Waals surface area contributed by atoms with E-state index in [0.717, 1.165) is 23.7 Å². The van der Waals surface area contributed by atoms with Gasteiger partial charge in [-0.1, -0.05) is 24.3 Å². The zero-order chi connectivity index (χ0) is 22.7. The first-order valence-corrected chi connectivity index (χ1v) is 12.2. The van der Waals surface area contributed by atoms with E-state index < -0.39 is 15.8 Å². The first-order chi connectivity index (χ1) is 15.4. The number of halogens is 1. The summed E-state index contributed by atoms with van der Waals surface area (Å²) in [6, 6.07) is 12.9.